The highest BCUT2D eigenvalue weighted by atomic mass is 16.3. The Hall–Kier alpha value is -1.84. The number of nitrogens with zero attached hydrogens (tertiary/aromatic N) is 1. The largest absolute Gasteiger partial charge is 0.508 e. The summed E-state index contributed by atoms with van der Waals surface area (Å²) in [5.74, 6) is 0.477. The molecule has 2 aliphatic rings. The van der Waals surface area contributed by atoms with Crippen molar-refractivity contribution in [2.75, 3.05) is 13.1 Å². The average Bonchev–Trinajstić information content (AvgIpc) is 3.07. The van der Waals surface area contributed by atoms with Crippen molar-refractivity contribution in [2.24, 2.45) is 0 Å². The molecule has 1 unspecified atom stereocenters. The van der Waals surface area contributed by atoms with Crippen molar-refractivity contribution in [2.45, 2.75) is 57.7 Å². The van der Waals surface area contributed by atoms with E-state index in [0.29, 0.717) is 11.8 Å². The van der Waals surface area contributed by atoms with Crippen molar-refractivity contribution in [3.63, 3.8) is 0 Å². The van der Waals surface area contributed by atoms with Crippen LogP contribution < -0.4 is 5.32 Å². The van der Waals surface area contributed by atoms with Crippen LogP contribution >= 0.6 is 0 Å². The summed E-state index contributed by atoms with van der Waals surface area (Å²) >= 11 is 0. The van der Waals surface area contributed by atoms with Crippen LogP contribution in [0.1, 0.15) is 47.9 Å². The molecule has 3 nitrogen and oxygen atoms in total. The van der Waals surface area contributed by atoms with Gasteiger partial charge in [-0.25, -0.2) is 0 Å². The minimum atomic E-state index is 0.477. The molecule has 0 aromatic heterocycles. The number of nitrogens with one attached hydrogen (secondary N) is 1. The molecule has 0 spiro atoms. The zero-order valence-electron chi connectivity index (χ0n) is 15.6. The van der Waals surface area contributed by atoms with Gasteiger partial charge >= 0.3 is 0 Å². The van der Waals surface area contributed by atoms with Crippen molar-refractivity contribution in [3.05, 3.63) is 64.7 Å². The lowest BCUT2D eigenvalue weighted by Gasteiger charge is -2.26. The van der Waals surface area contributed by atoms with Gasteiger partial charge < -0.3 is 10.4 Å². The Labute approximate surface area is 157 Å². The SMILES string of the molecule is Oc1cccc2c1CCC(NCCCCCN1Cc3ccccc3C1)C2. The number of benzene rings is 2. The van der Waals surface area contributed by atoms with E-state index in [0.717, 1.165) is 44.5 Å². The van der Waals surface area contributed by atoms with Crippen LogP contribution in [0.3, 0.4) is 0 Å². The monoisotopic (exact) mass is 350 g/mol. The molecule has 1 atom stereocenters. The number of hydrogen-bond donors (Lipinski definition) is 2. The topological polar surface area (TPSA) is 35.5 Å². The Bertz CT molecular complexity index is 718. The lowest BCUT2D eigenvalue weighted by Crippen LogP contribution is -2.35. The first-order valence-corrected chi connectivity index (χ1v) is 10.1. The molecule has 4 rings (SSSR count). The summed E-state index contributed by atoms with van der Waals surface area (Å²) in [6, 6.07) is 15.3. The quantitative estimate of drug-likeness (QED) is 0.740. The van der Waals surface area contributed by atoms with Crippen LogP contribution in [0.25, 0.3) is 0 Å². The second kappa shape index (κ2) is 8.24. The minimum absolute atomic E-state index is 0.477. The number of hydrogen-bond acceptors (Lipinski definition) is 3. The molecule has 1 heterocycles. The van der Waals surface area contributed by atoms with Gasteiger partial charge in [-0.3, -0.25) is 4.90 Å². The molecule has 26 heavy (non-hydrogen) atoms. The van der Waals surface area contributed by atoms with E-state index in [1.807, 2.05) is 12.1 Å². The fraction of sp³-hybridized carbons (Fsp3) is 0.478. The van der Waals surface area contributed by atoms with Crippen LogP contribution in [0, 0.1) is 0 Å². The lowest BCUT2D eigenvalue weighted by atomic mass is 9.87. The van der Waals surface area contributed by atoms with E-state index in [1.165, 1.54) is 42.5 Å². The normalized spacial score (nSPS) is 19.3. The zero-order chi connectivity index (χ0) is 17.8. The molecule has 1 aliphatic carbocycles. The highest BCUT2D eigenvalue weighted by molar-refractivity contribution is 5.41. The molecule has 2 N–H and O–H groups in total. The summed E-state index contributed by atoms with van der Waals surface area (Å²) in [6.45, 7) is 4.58. The first-order chi connectivity index (χ1) is 12.8. The van der Waals surface area contributed by atoms with Crippen LogP contribution in [0.5, 0.6) is 5.75 Å². The highest BCUT2D eigenvalue weighted by Gasteiger charge is 2.20. The fourth-order valence-corrected chi connectivity index (χ4v) is 4.47. The summed E-state index contributed by atoms with van der Waals surface area (Å²) in [5.41, 5.74) is 5.51. The van der Waals surface area contributed by atoms with Crippen molar-refractivity contribution >= 4 is 0 Å². The van der Waals surface area contributed by atoms with E-state index in [2.05, 4.69) is 40.5 Å². The predicted octanol–water partition coefficient (Wildman–Crippen LogP) is 4.03. The molecule has 0 saturated heterocycles. The van der Waals surface area contributed by atoms with Gasteiger partial charge in [0.15, 0.2) is 0 Å². The summed E-state index contributed by atoms with van der Waals surface area (Å²) in [6.07, 6.45) is 7.02. The Morgan fingerprint density at radius 2 is 1.69 bits per heavy atom. The Morgan fingerprint density at radius 1 is 0.923 bits per heavy atom. The zero-order valence-corrected chi connectivity index (χ0v) is 15.6. The standard InChI is InChI=1S/C23H30N2O/c26-23-10-6-9-18-15-21(11-12-22(18)23)24-13-4-1-5-14-25-16-19-7-2-3-8-20(19)17-25/h2-3,6-10,21,24,26H,1,4-5,11-17H2. The molecule has 0 radical (unpaired) electrons. The third-order valence-electron chi connectivity index (χ3n) is 5.95. The van der Waals surface area contributed by atoms with Crippen molar-refractivity contribution in [1.29, 1.82) is 0 Å². The number of rotatable bonds is 7. The van der Waals surface area contributed by atoms with Gasteiger partial charge in [0.05, 0.1) is 0 Å². The fourth-order valence-electron chi connectivity index (χ4n) is 4.47. The van der Waals surface area contributed by atoms with Gasteiger partial charge in [-0.15, -0.1) is 0 Å². The molecule has 0 bridgehead atoms. The highest BCUT2D eigenvalue weighted by Crippen LogP contribution is 2.28. The molecular weight excluding hydrogens is 320 g/mol. The van der Waals surface area contributed by atoms with Crippen LogP contribution in [0.15, 0.2) is 42.5 Å². The van der Waals surface area contributed by atoms with Crippen LogP contribution in [0.2, 0.25) is 0 Å². The van der Waals surface area contributed by atoms with Crippen LogP contribution in [0.4, 0.5) is 0 Å². The van der Waals surface area contributed by atoms with E-state index >= 15 is 0 Å². The van der Waals surface area contributed by atoms with Crippen LogP contribution in [-0.4, -0.2) is 29.1 Å². The second-order valence-corrected chi connectivity index (χ2v) is 7.85. The maximum absolute atomic E-state index is 9.94. The molecular formula is C23H30N2O. The van der Waals surface area contributed by atoms with Crippen molar-refractivity contribution in [3.8, 4) is 5.75 Å². The molecule has 0 fully saturated rings. The molecule has 138 valence electrons. The van der Waals surface area contributed by atoms with Gasteiger partial charge in [-0.05, 0) is 73.5 Å². The van der Waals surface area contributed by atoms with E-state index in [4.69, 9.17) is 0 Å². The maximum atomic E-state index is 9.94. The van der Waals surface area contributed by atoms with Gasteiger partial charge in [0.2, 0.25) is 0 Å². The third kappa shape index (κ3) is 4.11. The number of phenolic OH excluding ortho intramolecular Hbond substituents is 1. The summed E-state index contributed by atoms with van der Waals surface area (Å²) in [7, 11) is 0. The summed E-state index contributed by atoms with van der Waals surface area (Å²) < 4.78 is 0. The minimum Gasteiger partial charge on any atom is -0.508 e. The first kappa shape index (κ1) is 17.6. The predicted molar refractivity (Wildman–Crippen MR) is 106 cm³/mol. The van der Waals surface area contributed by atoms with E-state index in [-0.39, 0.29) is 0 Å². The van der Waals surface area contributed by atoms with Crippen molar-refractivity contribution in [1.82, 2.24) is 10.2 Å². The third-order valence-corrected chi connectivity index (χ3v) is 5.95. The number of fused-ring (bicyclic) bond motifs is 2. The van der Waals surface area contributed by atoms with Gasteiger partial charge in [-0.2, -0.15) is 0 Å². The van der Waals surface area contributed by atoms with E-state index < -0.39 is 0 Å². The molecule has 1 aliphatic heterocycles. The van der Waals surface area contributed by atoms with Gasteiger partial charge in [0, 0.05) is 19.1 Å². The molecule has 0 saturated carbocycles. The number of aromatic hydroxyl groups is 1. The summed E-state index contributed by atoms with van der Waals surface area (Å²) in [4.78, 5) is 2.57. The van der Waals surface area contributed by atoms with Crippen molar-refractivity contribution < 1.29 is 5.11 Å². The second-order valence-electron chi connectivity index (χ2n) is 7.85. The molecule has 2 aromatic rings. The van der Waals surface area contributed by atoms with E-state index in [1.54, 1.807) is 0 Å². The Balaban J connectivity index is 1.11. The molecule has 0 amide bonds. The maximum Gasteiger partial charge on any atom is 0.119 e. The molecule has 2 aromatic carbocycles. The lowest BCUT2D eigenvalue weighted by molar-refractivity contribution is 0.276. The molecule has 3 heteroatoms. The summed E-state index contributed by atoms with van der Waals surface area (Å²) in [5, 5.41) is 13.7. The van der Waals surface area contributed by atoms with Crippen LogP contribution in [-0.2, 0) is 25.9 Å². The Morgan fingerprint density at radius 3 is 2.50 bits per heavy atom. The first-order valence-electron chi connectivity index (χ1n) is 10.1. The number of unbranched alkanes of at least 4 members (excludes halogenated alkanes) is 2. The van der Waals surface area contributed by atoms with E-state index in [9.17, 15) is 5.11 Å². The average molecular weight is 351 g/mol. The number of phenols is 1. The Kier molecular flexibility index (Phi) is 5.57. The smallest absolute Gasteiger partial charge is 0.119 e. The van der Waals surface area contributed by atoms with Gasteiger partial charge in [0.25, 0.3) is 0 Å². The van der Waals surface area contributed by atoms with Gasteiger partial charge in [0.1, 0.15) is 5.75 Å². The van der Waals surface area contributed by atoms with Gasteiger partial charge in [-0.1, -0.05) is 42.8 Å².